The van der Waals surface area contributed by atoms with Crippen LogP contribution in [0.25, 0.3) is 11.0 Å². The first kappa shape index (κ1) is 22.1. The standard InChI is InChI=1S/C24H23F2N5O3/c1-14-12-31(19-9-22(32)29(3)18-6-5-17(10-27)28-23(18)19)15(2)11-30(14)13-16-4-7-20-21(8-16)34-24(25,26)33-20/h4-9,14-15H,11-13H2,1-3H3/t14-,15+/m1/s1. The third-order valence-electron chi connectivity index (χ3n) is 6.46. The van der Waals surface area contributed by atoms with Crippen molar-refractivity contribution in [2.75, 3.05) is 18.0 Å². The largest absolute Gasteiger partial charge is 0.586 e. The van der Waals surface area contributed by atoms with E-state index in [9.17, 15) is 18.8 Å². The highest BCUT2D eigenvalue weighted by Gasteiger charge is 2.43. The lowest BCUT2D eigenvalue weighted by molar-refractivity contribution is -0.286. The van der Waals surface area contributed by atoms with E-state index in [1.54, 1.807) is 37.4 Å². The van der Waals surface area contributed by atoms with Gasteiger partial charge >= 0.3 is 6.29 Å². The van der Waals surface area contributed by atoms with Crippen LogP contribution in [0.5, 0.6) is 11.5 Å². The van der Waals surface area contributed by atoms with Gasteiger partial charge in [0.15, 0.2) is 11.5 Å². The third kappa shape index (κ3) is 3.82. The van der Waals surface area contributed by atoms with Crippen LogP contribution in [0, 0.1) is 11.3 Å². The molecule has 5 rings (SSSR count). The molecule has 0 spiro atoms. The van der Waals surface area contributed by atoms with E-state index in [1.807, 2.05) is 0 Å². The van der Waals surface area contributed by atoms with Crippen LogP contribution in [0.4, 0.5) is 14.5 Å². The van der Waals surface area contributed by atoms with Crippen LogP contribution in [-0.2, 0) is 13.6 Å². The van der Waals surface area contributed by atoms with Gasteiger partial charge in [-0.1, -0.05) is 6.07 Å². The van der Waals surface area contributed by atoms with Gasteiger partial charge in [0, 0.05) is 44.8 Å². The first-order chi connectivity index (χ1) is 16.1. The van der Waals surface area contributed by atoms with Crippen LogP contribution < -0.4 is 19.9 Å². The molecule has 1 aromatic carbocycles. The van der Waals surface area contributed by atoms with E-state index in [2.05, 4.69) is 44.2 Å². The molecule has 34 heavy (non-hydrogen) atoms. The fourth-order valence-electron chi connectivity index (χ4n) is 4.67. The highest BCUT2D eigenvalue weighted by atomic mass is 19.3. The van der Waals surface area contributed by atoms with Gasteiger partial charge in [-0.15, -0.1) is 8.78 Å². The van der Waals surface area contributed by atoms with E-state index in [0.717, 1.165) is 5.56 Å². The summed E-state index contributed by atoms with van der Waals surface area (Å²) in [6.45, 7) is 6.01. The van der Waals surface area contributed by atoms with Gasteiger partial charge in [0.1, 0.15) is 17.3 Å². The van der Waals surface area contributed by atoms with Gasteiger partial charge in [0.05, 0.1) is 11.2 Å². The van der Waals surface area contributed by atoms with Gasteiger partial charge in [-0.3, -0.25) is 9.69 Å². The molecule has 0 bridgehead atoms. The molecule has 2 aliphatic heterocycles. The first-order valence-electron chi connectivity index (χ1n) is 11.0. The predicted molar refractivity (Wildman–Crippen MR) is 121 cm³/mol. The number of ether oxygens (including phenoxy) is 2. The third-order valence-corrected chi connectivity index (χ3v) is 6.46. The zero-order valence-corrected chi connectivity index (χ0v) is 19.0. The first-order valence-corrected chi connectivity index (χ1v) is 11.0. The Morgan fingerprint density at radius 3 is 2.65 bits per heavy atom. The van der Waals surface area contributed by atoms with Crippen molar-refractivity contribution in [3.05, 3.63) is 58.0 Å². The second kappa shape index (κ2) is 7.95. The van der Waals surface area contributed by atoms with Crippen molar-refractivity contribution in [2.24, 2.45) is 7.05 Å². The maximum absolute atomic E-state index is 13.3. The highest BCUT2D eigenvalue weighted by molar-refractivity contribution is 5.89. The summed E-state index contributed by atoms with van der Waals surface area (Å²) in [5.41, 5.74) is 2.98. The molecule has 2 aliphatic rings. The van der Waals surface area contributed by atoms with Gasteiger partial charge < -0.3 is 18.9 Å². The van der Waals surface area contributed by atoms with Crippen LogP contribution in [0.2, 0.25) is 0 Å². The van der Waals surface area contributed by atoms with Crippen LogP contribution in [0.3, 0.4) is 0 Å². The normalized spacial score (nSPS) is 21.6. The lowest BCUT2D eigenvalue weighted by Crippen LogP contribution is -2.56. The summed E-state index contributed by atoms with van der Waals surface area (Å²) in [5, 5.41) is 9.32. The zero-order chi connectivity index (χ0) is 24.2. The molecular weight excluding hydrogens is 444 g/mol. The number of hydrogen-bond donors (Lipinski definition) is 0. The Bertz CT molecular complexity index is 1380. The Morgan fingerprint density at radius 1 is 1.12 bits per heavy atom. The summed E-state index contributed by atoms with van der Waals surface area (Å²) in [4.78, 5) is 21.6. The van der Waals surface area contributed by atoms with Gasteiger partial charge in [0.25, 0.3) is 5.56 Å². The quantitative estimate of drug-likeness (QED) is 0.585. The number of aryl methyl sites for hydroxylation is 1. The fraction of sp³-hybridized carbons (Fsp3) is 0.375. The minimum atomic E-state index is -3.64. The SMILES string of the molecule is C[C@@H]1CN(c2cc(=O)n(C)c3ccc(C#N)nc23)[C@@H](C)CN1Cc1ccc2c(c1)OC(F)(F)O2. The number of rotatable bonds is 3. The number of aromatic nitrogens is 2. The van der Waals surface area contributed by atoms with Crippen molar-refractivity contribution in [1.29, 1.82) is 5.26 Å². The molecule has 0 aliphatic carbocycles. The Kier molecular flexibility index (Phi) is 5.17. The highest BCUT2D eigenvalue weighted by Crippen LogP contribution is 2.41. The fourth-order valence-corrected chi connectivity index (χ4v) is 4.67. The Labute approximate surface area is 194 Å². The molecule has 0 unspecified atom stereocenters. The topological polar surface area (TPSA) is 83.6 Å². The van der Waals surface area contributed by atoms with Gasteiger partial charge in [-0.05, 0) is 43.7 Å². The molecule has 176 valence electrons. The maximum atomic E-state index is 13.3. The molecule has 0 N–H and O–H groups in total. The second-order valence-corrected chi connectivity index (χ2v) is 8.83. The van der Waals surface area contributed by atoms with Crippen molar-refractivity contribution in [2.45, 2.75) is 38.8 Å². The lowest BCUT2D eigenvalue weighted by atomic mass is 10.0. The lowest BCUT2D eigenvalue weighted by Gasteiger charge is -2.45. The number of nitrogens with zero attached hydrogens (tertiary/aromatic N) is 5. The monoisotopic (exact) mass is 467 g/mol. The Hall–Kier alpha value is -3.71. The molecule has 4 heterocycles. The van der Waals surface area contributed by atoms with Gasteiger partial charge in [-0.2, -0.15) is 5.26 Å². The number of nitriles is 1. The maximum Gasteiger partial charge on any atom is 0.586 e. The number of halogens is 2. The summed E-state index contributed by atoms with van der Waals surface area (Å²) in [5.74, 6) is 0.0644. The molecular formula is C24H23F2N5O3. The summed E-state index contributed by atoms with van der Waals surface area (Å²) in [6.07, 6.45) is -3.64. The summed E-state index contributed by atoms with van der Waals surface area (Å²) >= 11 is 0. The van der Waals surface area contributed by atoms with Crippen LogP contribution in [0.1, 0.15) is 25.1 Å². The second-order valence-electron chi connectivity index (χ2n) is 8.83. The van der Waals surface area contributed by atoms with Crippen molar-refractivity contribution >= 4 is 16.7 Å². The molecule has 3 aromatic rings. The molecule has 2 atom stereocenters. The minimum Gasteiger partial charge on any atom is -0.395 e. The van der Waals surface area contributed by atoms with Crippen LogP contribution in [-0.4, -0.2) is 45.9 Å². The van der Waals surface area contributed by atoms with E-state index >= 15 is 0 Å². The Morgan fingerprint density at radius 2 is 1.88 bits per heavy atom. The average Bonchev–Trinajstić information content (AvgIpc) is 3.11. The average molecular weight is 467 g/mol. The molecule has 1 saturated heterocycles. The summed E-state index contributed by atoms with van der Waals surface area (Å²) < 4.78 is 37.3. The Balaban J connectivity index is 1.41. The molecule has 10 heteroatoms. The van der Waals surface area contributed by atoms with Crippen LogP contribution in [0.15, 0.2) is 41.2 Å². The van der Waals surface area contributed by atoms with E-state index in [4.69, 9.17) is 0 Å². The molecule has 0 amide bonds. The predicted octanol–water partition coefficient (Wildman–Crippen LogP) is 3.23. The van der Waals surface area contributed by atoms with Gasteiger partial charge in [-0.25, -0.2) is 4.98 Å². The number of piperazine rings is 1. The molecule has 1 fully saturated rings. The van der Waals surface area contributed by atoms with E-state index in [1.165, 1.54) is 10.6 Å². The van der Waals surface area contributed by atoms with E-state index in [0.29, 0.717) is 42.0 Å². The smallest absolute Gasteiger partial charge is 0.395 e. The summed E-state index contributed by atoms with van der Waals surface area (Å²) in [7, 11) is 1.69. The number of pyridine rings is 2. The summed E-state index contributed by atoms with van der Waals surface area (Å²) in [6, 6.07) is 12.0. The molecule has 0 radical (unpaired) electrons. The minimum absolute atomic E-state index is 0.0294. The van der Waals surface area contributed by atoms with Crippen LogP contribution >= 0.6 is 0 Å². The van der Waals surface area contributed by atoms with Crippen molar-refractivity contribution in [1.82, 2.24) is 14.5 Å². The van der Waals surface area contributed by atoms with Crippen molar-refractivity contribution in [3.63, 3.8) is 0 Å². The van der Waals surface area contributed by atoms with Gasteiger partial charge in [0.2, 0.25) is 0 Å². The number of alkyl halides is 2. The number of hydrogen-bond acceptors (Lipinski definition) is 7. The number of anilines is 1. The van der Waals surface area contributed by atoms with Crippen molar-refractivity contribution < 1.29 is 18.3 Å². The van der Waals surface area contributed by atoms with E-state index < -0.39 is 6.29 Å². The molecule has 2 aromatic heterocycles. The molecule has 8 nitrogen and oxygen atoms in total. The molecule has 0 saturated carbocycles. The number of fused-ring (bicyclic) bond motifs is 2. The zero-order valence-electron chi connectivity index (χ0n) is 19.0. The van der Waals surface area contributed by atoms with E-state index in [-0.39, 0.29) is 29.1 Å². The van der Waals surface area contributed by atoms with Crippen molar-refractivity contribution in [3.8, 4) is 17.6 Å². The number of benzene rings is 1.